The Morgan fingerprint density at radius 1 is 1.38 bits per heavy atom. The lowest BCUT2D eigenvalue weighted by molar-refractivity contribution is 0.340. The SMILES string of the molecule is CCC1(c2c(F)ccc(C)c2F)CCCN1. The molecule has 0 saturated carbocycles. The molecule has 88 valence electrons. The van der Waals surface area contributed by atoms with E-state index in [-0.39, 0.29) is 5.56 Å². The molecule has 1 aliphatic heterocycles. The zero-order valence-corrected chi connectivity index (χ0v) is 9.74. The van der Waals surface area contributed by atoms with Crippen molar-refractivity contribution in [2.45, 2.75) is 38.6 Å². The average Bonchev–Trinajstić information content (AvgIpc) is 2.74. The molecule has 1 atom stereocenters. The predicted molar refractivity (Wildman–Crippen MR) is 60.3 cm³/mol. The zero-order valence-electron chi connectivity index (χ0n) is 9.74. The Kier molecular flexibility index (Phi) is 2.98. The van der Waals surface area contributed by atoms with Gasteiger partial charge in [0.2, 0.25) is 0 Å². The normalized spacial score (nSPS) is 25.0. The molecule has 2 rings (SSSR count). The van der Waals surface area contributed by atoms with Gasteiger partial charge in [0.05, 0.1) is 0 Å². The highest BCUT2D eigenvalue weighted by molar-refractivity contribution is 5.33. The average molecular weight is 225 g/mol. The molecule has 0 bridgehead atoms. The number of halogens is 2. The summed E-state index contributed by atoms with van der Waals surface area (Å²) in [7, 11) is 0. The first kappa shape index (κ1) is 11.5. The summed E-state index contributed by atoms with van der Waals surface area (Å²) in [5.41, 5.74) is 0.241. The van der Waals surface area contributed by atoms with E-state index in [1.54, 1.807) is 6.92 Å². The maximum atomic E-state index is 14.1. The highest BCUT2D eigenvalue weighted by Gasteiger charge is 2.38. The molecule has 0 amide bonds. The van der Waals surface area contributed by atoms with Crippen LogP contribution < -0.4 is 5.32 Å². The summed E-state index contributed by atoms with van der Waals surface area (Å²) in [6.45, 7) is 4.48. The third-order valence-electron chi connectivity index (χ3n) is 3.61. The van der Waals surface area contributed by atoms with Crippen molar-refractivity contribution in [2.75, 3.05) is 6.54 Å². The maximum Gasteiger partial charge on any atom is 0.134 e. The van der Waals surface area contributed by atoms with Crippen LogP contribution in [0.3, 0.4) is 0 Å². The van der Waals surface area contributed by atoms with Gasteiger partial charge in [0.1, 0.15) is 11.6 Å². The second-order valence-electron chi connectivity index (χ2n) is 4.52. The quantitative estimate of drug-likeness (QED) is 0.814. The molecule has 0 aliphatic carbocycles. The van der Waals surface area contributed by atoms with E-state index in [1.165, 1.54) is 12.1 Å². The summed E-state index contributed by atoms with van der Waals surface area (Å²) in [6.07, 6.45) is 2.49. The smallest absolute Gasteiger partial charge is 0.134 e. The monoisotopic (exact) mass is 225 g/mol. The van der Waals surface area contributed by atoms with Gasteiger partial charge in [-0.2, -0.15) is 0 Å². The van der Waals surface area contributed by atoms with E-state index in [9.17, 15) is 8.78 Å². The van der Waals surface area contributed by atoms with E-state index < -0.39 is 17.2 Å². The maximum absolute atomic E-state index is 14.1. The minimum atomic E-state index is -0.500. The third-order valence-corrected chi connectivity index (χ3v) is 3.61. The van der Waals surface area contributed by atoms with Crippen molar-refractivity contribution in [1.29, 1.82) is 0 Å². The molecule has 1 aliphatic rings. The molecule has 0 aromatic heterocycles. The predicted octanol–water partition coefficient (Wildman–Crippen LogP) is 3.26. The third kappa shape index (κ3) is 1.63. The van der Waals surface area contributed by atoms with Crippen molar-refractivity contribution in [2.24, 2.45) is 0 Å². The van der Waals surface area contributed by atoms with Gasteiger partial charge in [0.15, 0.2) is 0 Å². The molecule has 1 nitrogen and oxygen atoms in total. The molecule has 0 radical (unpaired) electrons. The Bertz CT molecular complexity index is 395. The van der Waals surface area contributed by atoms with Crippen molar-refractivity contribution < 1.29 is 8.78 Å². The van der Waals surface area contributed by atoms with Crippen LogP contribution in [-0.2, 0) is 5.54 Å². The van der Waals surface area contributed by atoms with E-state index >= 15 is 0 Å². The van der Waals surface area contributed by atoms with Gasteiger partial charge in [-0.25, -0.2) is 8.78 Å². The van der Waals surface area contributed by atoms with Crippen LogP contribution in [0.2, 0.25) is 0 Å². The molecule has 16 heavy (non-hydrogen) atoms. The lowest BCUT2D eigenvalue weighted by Crippen LogP contribution is -2.38. The second-order valence-corrected chi connectivity index (χ2v) is 4.52. The number of hydrogen-bond acceptors (Lipinski definition) is 1. The standard InChI is InChI=1S/C13H17F2N/c1-3-13(7-4-8-16-13)11-10(14)6-5-9(2)12(11)15/h5-6,16H,3-4,7-8H2,1-2H3. The summed E-state index contributed by atoms with van der Waals surface area (Å²) in [5, 5.41) is 3.26. The summed E-state index contributed by atoms with van der Waals surface area (Å²) < 4.78 is 27.9. The lowest BCUT2D eigenvalue weighted by Gasteiger charge is -2.30. The van der Waals surface area contributed by atoms with Crippen LogP contribution in [0.25, 0.3) is 0 Å². The van der Waals surface area contributed by atoms with Gasteiger partial charge in [-0.15, -0.1) is 0 Å². The number of hydrogen-bond donors (Lipinski definition) is 1. The molecule has 1 saturated heterocycles. The fourth-order valence-electron chi connectivity index (χ4n) is 2.59. The van der Waals surface area contributed by atoms with E-state index in [2.05, 4.69) is 5.32 Å². The van der Waals surface area contributed by atoms with Gasteiger partial charge in [0.25, 0.3) is 0 Å². The van der Waals surface area contributed by atoms with Crippen LogP contribution >= 0.6 is 0 Å². The van der Waals surface area contributed by atoms with Crippen LogP contribution in [0.4, 0.5) is 8.78 Å². The summed E-state index contributed by atoms with van der Waals surface area (Å²) in [4.78, 5) is 0. The van der Waals surface area contributed by atoms with Gasteiger partial charge in [-0.05, 0) is 44.4 Å². The van der Waals surface area contributed by atoms with Crippen molar-refractivity contribution >= 4 is 0 Å². The number of nitrogens with one attached hydrogen (secondary N) is 1. The highest BCUT2D eigenvalue weighted by Crippen LogP contribution is 2.37. The first-order valence-electron chi connectivity index (χ1n) is 5.81. The van der Waals surface area contributed by atoms with Gasteiger partial charge in [-0.3, -0.25) is 0 Å². The van der Waals surface area contributed by atoms with Gasteiger partial charge in [-0.1, -0.05) is 13.0 Å². The lowest BCUT2D eigenvalue weighted by atomic mass is 9.84. The second kappa shape index (κ2) is 4.13. The number of rotatable bonds is 2. The van der Waals surface area contributed by atoms with E-state index in [4.69, 9.17) is 0 Å². The van der Waals surface area contributed by atoms with Gasteiger partial charge < -0.3 is 5.32 Å². The Morgan fingerprint density at radius 2 is 2.12 bits per heavy atom. The molecule has 1 aromatic carbocycles. The fourth-order valence-corrected chi connectivity index (χ4v) is 2.59. The van der Waals surface area contributed by atoms with E-state index in [0.717, 1.165) is 19.4 Å². The van der Waals surface area contributed by atoms with Gasteiger partial charge >= 0.3 is 0 Å². The van der Waals surface area contributed by atoms with E-state index in [0.29, 0.717) is 12.0 Å². The summed E-state index contributed by atoms with van der Waals surface area (Å²) in [6, 6.07) is 2.86. The highest BCUT2D eigenvalue weighted by atomic mass is 19.1. The first-order chi connectivity index (χ1) is 7.60. The first-order valence-corrected chi connectivity index (χ1v) is 5.81. The molecular formula is C13H17F2N. The van der Waals surface area contributed by atoms with Crippen molar-refractivity contribution in [1.82, 2.24) is 5.32 Å². The van der Waals surface area contributed by atoms with Crippen LogP contribution in [-0.4, -0.2) is 6.54 Å². The van der Waals surface area contributed by atoms with Crippen LogP contribution in [0.5, 0.6) is 0 Å². The molecule has 1 unspecified atom stereocenters. The van der Waals surface area contributed by atoms with Crippen molar-refractivity contribution in [3.8, 4) is 0 Å². The minimum Gasteiger partial charge on any atom is -0.307 e. The summed E-state index contributed by atoms with van der Waals surface area (Å²) >= 11 is 0. The molecule has 1 heterocycles. The minimum absolute atomic E-state index is 0.229. The van der Waals surface area contributed by atoms with Crippen LogP contribution in [0.1, 0.15) is 37.3 Å². The Labute approximate surface area is 94.9 Å². The molecule has 1 aromatic rings. The molecule has 1 N–H and O–H groups in total. The molecule has 0 spiro atoms. The van der Waals surface area contributed by atoms with Crippen LogP contribution in [0, 0.1) is 18.6 Å². The Hall–Kier alpha value is -0.960. The van der Waals surface area contributed by atoms with Gasteiger partial charge in [0, 0.05) is 11.1 Å². The Balaban J connectivity index is 2.57. The van der Waals surface area contributed by atoms with E-state index in [1.807, 2.05) is 6.92 Å². The topological polar surface area (TPSA) is 12.0 Å². The van der Waals surface area contributed by atoms with Crippen molar-refractivity contribution in [3.05, 3.63) is 34.9 Å². The number of benzene rings is 1. The van der Waals surface area contributed by atoms with Crippen molar-refractivity contribution in [3.63, 3.8) is 0 Å². The molecule has 1 fully saturated rings. The largest absolute Gasteiger partial charge is 0.307 e. The summed E-state index contributed by atoms with van der Waals surface area (Å²) in [5.74, 6) is -0.824. The molecule has 3 heteroatoms. The Morgan fingerprint density at radius 3 is 2.69 bits per heavy atom. The zero-order chi connectivity index (χ0) is 11.8. The van der Waals surface area contributed by atoms with Crippen LogP contribution in [0.15, 0.2) is 12.1 Å². The molecular weight excluding hydrogens is 208 g/mol. The fraction of sp³-hybridized carbons (Fsp3) is 0.538. The number of aryl methyl sites for hydroxylation is 1.